The number of hydrogen-bond donors (Lipinski definition) is 0. The third kappa shape index (κ3) is 3.23. The molecule has 0 amide bonds. The van der Waals surface area contributed by atoms with Crippen LogP contribution >= 0.6 is 0 Å². The largest absolute Gasteiger partial charge is 0.456 e. The second-order valence-electron chi connectivity index (χ2n) is 10.8. The summed E-state index contributed by atoms with van der Waals surface area (Å²) in [6.45, 7) is 2.12. The van der Waals surface area contributed by atoms with Gasteiger partial charge in [0, 0.05) is 48.8 Å². The molecule has 0 atom stereocenters. The number of para-hydroxylation sites is 3. The third-order valence-electron chi connectivity index (χ3n) is 8.32. The van der Waals surface area contributed by atoms with Crippen LogP contribution in [0, 0.1) is 6.92 Å². The van der Waals surface area contributed by atoms with Gasteiger partial charge in [-0.15, -0.1) is 0 Å². The lowest BCUT2D eigenvalue weighted by molar-refractivity contribution is 0.669. The lowest BCUT2D eigenvalue weighted by Crippen LogP contribution is -1.92. The second kappa shape index (κ2) is 8.30. The van der Waals surface area contributed by atoms with Gasteiger partial charge in [0.05, 0.1) is 11.2 Å². The molecular formula is C38H23NO2. The molecule has 0 bridgehead atoms. The Balaban J connectivity index is 1.48. The summed E-state index contributed by atoms with van der Waals surface area (Å²) in [7, 11) is 0. The first-order valence-corrected chi connectivity index (χ1v) is 13.9. The van der Waals surface area contributed by atoms with Crippen molar-refractivity contribution in [1.29, 1.82) is 0 Å². The summed E-state index contributed by atoms with van der Waals surface area (Å²) in [5, 5.41) is 7.83. The zero-order valence-electron chi connectivity index (χ0n) is 22.3. The Labute approximate surface area is 235 Å². The van der Waals surface area contributed by atoms with E-state index in [2.05, 4.69) is 110 Å². The van der Waals surface area contributed by atoms with Crippen LogP contribution < -0.4 is 0 Å². The molecule has 3 heteroatoms. The Bertz CT molecular complexity index is 2480. The lowest BCUT2D eigenvalue weighted by atomic mass is 9.91. The maximum Gasteiger partial charge on any atom is 0.143 e. The topological polar surface area (TPSA) is 39.2 Å². The Kier molecular flexibility index (Phi) is 4.53. The molecule has 3 heterocycles. The van der Waals surface area contributed by atoms with Crippen LogP contribution in [0.25, 0.3) is 87.9 Å². The van der Waals surface area contributed by atoms with Gasteiger partial charge in [-0.1, -0.05) is 84.4 Å². The van der Waals surface area contributed by atoms with Crippen molar-refractivity contribution in [2.24, 2.45) is 0 Å². The predicted molar refractivity (Wildman–Crippen MR) is 169 cm³/mol. The van der Waals surface area contributed by atoms with Crippen molar-refractivity contribution < 1.29 is 8.83 Å². The van der Waals surface area contributed by atoms with Crippen LogP contribution in [0.4, 0.5) is 0 Å². The smallest absolute Gasteiger partial charge is 0.143 e. The van der Waals surface area contributed by atoms with Gasteiger partial charge in [-0.2, -0.15) is 0 Å². The first-order valence-electron chi connectivity index (χ1n) is 13.9. The molecular weight excluding hydrogens is 502 g/mol. The van der Waals surface area contributed by atoms with Crippen molar-refractivity contribution in [3.63, 3.8) is 0 Å². The highest BCUT2D eigenvalue weighted by Crippen LogP contribution is 2.46. The summed E-state index contributed by atoms with van der Waals surface area (Å²) in [4.78, 5) is 5.30. The number of furan rings is 2. The maximum atomic E-state index is 6.63. The predicted octanol–water partition coefficient (Wildman–Crippen LogP) is 10.8. The lowest BCUT2D eigenvalue weighted by Gasteiger charge is -2.14. The van der Waals surface area contributed by atoms with Gasteiger partial charge in [0.25, 0.3) is 0 Å². The normalized spacial score (nSPS) is 12.0. The number of pyridine rings is 1. The Morgan fingerprint density at radius 1 is 0.488 bits per heavy atom. The number of fused-ring (bicyclic) bond motifs is 10. The first-order chi connectivity index (χ1) is 20.2. The minimum absolute atomic E-state index is 0.878. The van der Waals surface area contributed by atoms with E-state index in [1.165, 1.54) is 10.9 Å². The fourth-order valence-corrected chi connectivity index (χ4v) is 6.37. The van der Waals surface area contributed by atoms with Gasteiger partial charge in [0.2, 0.25) is 0 Å². The molecule has 0 saturated carbocycles. The second-order valence-corrected chi connectivity index (χ2v) is 10.8. The van der Waals surface area contributed by atoms with Gasteiger partial charge in [-0.3, -0.25) is 0 Å². The number of hydrogen-bond acceptors (Lipinski definition) is 3. The molecule has 9 rings (SSSR count). The van der Waals surface area contributed by atoms with E-state index in [-0.39, 0.29) is 0 Å². The molecule has 192 valence electrons. The van der Waals surface area contributed by atoms with Crippen LogP contribution in [-0.4, -0.2) is 4.98 Å². The molecule has 0 saturated heterocycles. The fourth-order valence-electron chi connectivity index (χ4n) is 6.37. The number of rotatable bonds is 2. The van der Waals surface area contributed by atoms with E-state index >= 15 is 0 Å². The molecule has 9 aromatic rings. The van der Waals surface area contributed by atoms with E-state index in [9.17, 15) is 0 Å². The number of benzene rings is 6. The van der Waals surface area contributed by atoms with Crippen LogP contribution in [0.3, 0.4) is 0 Å². The number of aromatic nitrogens is 1. The van der Waals surface area contributed by atoms with E-state index < -0.39 is 0 Å². The molecule has 0 spiro atoms. The van der Waals surface area contributed by atoms with Crippen molar-refractivity contribution >= 4 is 65.6 Å². The van der Waals surface area contributed by atoms with Crippen LogP contribution in [0.5, 0.6) is 0 Å². The molecule has 0 radical (unpaired) electrons. The Morgan fingerprint density at radius 3 is 1.98 bits per heavy atom. The van der Waals surface area contributed by atoms with Crippen molar-refractivity contribution in [2.45, 2.75) is 6.92 Å². The van der Waals surface area contributed by atoms with Crippen LogP contribution in [0.2, 0.25) is 0 Å². The van der Waals surface area contributed by atoms with Gasteiger partial charge in [0.1, 0.15) is 22.3 Å². The quantitative estimate of drug-likeness (QED) is 0.211. The highest BCUT2D eigenvalue weighted by molar-refractivity contribution is 6.30. The zero-order valence-corrected chi connectivity index (χ0v) is 22.3. The molecule has 3 nitrogen and oxygen atoms in total. The van der Waals surface area contributed by atoms with Gasteiger partial charge in [-0.05, 0) is 55.0 Å². The molecule has 0 unspecified atom stereocenters. The van der Waals surface area contributed by atoms with Crippen molar-refractivity contribution in [3.8, 4) is 22.4 Å². The van der Waals surface area contributed by atoms with Gasteiger partial charge < -0.3 is 8.83 Å². The highest BCUT2D eigenvalue weighted by Gasteiger charge is 2.21. The van der Waals surface area contributed by atoms with Crippen molar-refractivity contribution in [1.82, 2.24) is 4.98 Å². The minimum Gasteiger partial charge on any atom is -0.456 e. The van der Waals surface area contributed by atoms with Crippen LogP contribution in [0.15, 0.2) is 130 Å². The maximum absolute atomic E-state index is 6.63. The van der Waals surface area contributed by atoms with E-state index in [4.69, 9.17) is 13.8 Å². The highest BCUT2D eigenvalue weighted by atomic mass is 16.3. The SMILES string of the molecule is Cc1ccc(-c2cc3c(-c4ccc5oc6ccccc6c5c4)nc4ccccc4c3c3c2oc2ccccc23)cc1. The molecule has 0 aliphatic heterocycles. The molecule has 6 aromatic carbocycles. The van der Waals surface area contributed by atoms with Crippen molar-refractivity contribution in [3.05, 3.63) is 127 Å². The summed E-state index contributed by atoms with van der Waals surface area (Å²) in [6, 6.07) is 42.4. The molecule has 41 heavy (non-hydrogen) atoms. The van der Waals surface area contributed by atoms with Gasteiger partial charge in [0.15, 0.2) is 0 Å². The summed E-state index contributed by atoms with van der Waals surface area (Å²) in [5.74, 6) is 0. The zero-order chi connectivity index (χ0) is 27.1. The molecule has 0 aliphatic rings. The number of nitrogens with zero attached hydrogens (tertiary/aromatic N) is 1. The molecule has 0 aliphatic carbocycles. The molecule has 3 aromatic heterocycles. The van der Waals surface area contributed by atoms with E-state index in [0.29, 0.717) is 0 Å². The Hall–Kier alpha value is -5.41. The average Bonchev–Trinajstić information content (AvgIpc) is 3.59. The summed E-state index contributed by atoms with van der Waals surface area (Å²) >= 11 is 0. The third-order valence-corrected chi connectivity index (χ3v) is 8.32. The van der Waals surface area contributed by atoms with Gasteiger partial charge in [-0.25, -0.2) is 4.98 Å². The van der Waals surface area contributed by atoms with Gasteiger partial charge >= 0.3 is 0 Å². The summed E-state index contributed by atoms with van der Waals surface area (Å²) in [5.41, 5.74) is 9.94. The molecule has 0 fully saturated rings. The summed E-state index contributed by atoms with van der Waals surface area (Å²) < 4.78 is 12.8. The average molecular weight is 526 g/mol. The standard InChI is InChI=1S/C38H23NO2/c1-22-14-16-23(17-15-22)28-21-30-35(36-27-10-4-7-13-33(27)41-38(28)36)26-9-2-5-11-31(26)39-37(30)24-18-19-34-29(20-24)25-8-3-6-12-32(25)40-34/h2-21H,1H3. The first kappa shape index (κ1) is 22.4. The van der Waals surface area contributed by atoms with E-state index in [1.54, 1.807) is 0 Å². The van der Waals surface area contributed by atoms with E-state index in [0.717, 1.165) is 82.6 Å². The fraction of sp³-hybridized carbons (Fsp3) is 0.0263. The summed E-state index contributed by atoms with van der Waals surface area (Å²) in [6.07, 6.45) is 0. The number of aryl methyl sites for hydroxylation is 1. The molecule has 0 N–H and O–H groups in total. The monoisotopic (exact) mass is 525 g/mol. The van der Waals surface area contributed by atoms with E-state index in [1.807, 2.05) is 18.2 Å². The minimum atomic E-state index is 0.878. The van der Waals surface area contributed by atoms with Crippen LogP contribution in [0.1, 0.15) is 5.56 Å². The Morgan fingerprint density at radius 2 is 1.15 bits per heavy atom. The van der Waals surface area contributed by atoms with Crippen LogP contribution in [-0.2, 0) is 0 Å². The van der Waals surface area contributed by atoms with Crippen molar-refractivity contribution in [2.75, 3.05) is 0 Å².